The van der Waals surface area contributed by atoms with Gasteiger partial charge in [-0.2, -0.15) is 11.8 Å². The number of hydrogen-bond acceptors (Lipinski definition) is 4. The van der Waals surface area contributed by atoms with Crippen LogP contribution in [0.5, 0.6) is 0 Å². The number of carbonyl (C=O) groups excluding carboxylic acids is 2. The number of nitrogens with zero attached hydrogens (tertiary/aromatic N) is 1. The summed E-state index contributed by atoms with van der Waals surface area (Å²) >= 11 is 1.90. The number of anilines is 1. The summed E-state index contributed by atoms with van der Waals surface area (Å²) in [6.07, 6.45) is 3.94. The van der Waals surface area contributed by atoms with Crippen LogP contribution in [0.15, 0.2) is 24.3 Å². The monoisotopic (exact) mass is 383 g/mol. The van der Waals surface area contributed by atoms with Crippen LogP contribution in [0.3, 0.4) is 0 Å². The van der Waals surface area contributed by atoms with Crippen molar-refractivity contribution in [3.8, 4) is 0 Å². The van der Waals surface area contributed by atoms with E-state index in [9.17, 15) is 9.59 Å². The van der Waals surface area contributed by atoms with Gasteiger partial charge in [-0.3, -0.25) is 9.59 Å². The third kappa shape index (κ3) is 5.12. The van der Waals surface area contributed by atoms with E-state index in [2.05, 4.69) is 5.32 Å². The van der Waals surface area contributed by atoms with Crippen LogP contribution >= 0.6 is 24.2 Å². The first-order chi connectivity index (χ1) is 11.6. The van der Waals surface area contributed by atoms with Crippen LogP contribution in [0, 0.1) is 0 Å². The van der Waals surface area contributed by atoms with E-state index < -0.39 is 5.54 Å². The lowest BCUT2D eigenvalue weighted by molar-refractivity contribution is -0.130. The summed E-state index contributed by atoms with van der Waals surface area (Å²) in [6.45, 7) is 1.69. The average molecular weight is 384 g/mol. The molecule has 1 aromatic carbocycles. The molecule has 3 N–H and O–H groups in total. The second-order valence-electron chi connectivity index (χ2n) is 6.68. The Morgan fingerprint density at radius 2 is 1.72 bits per heavy atom. The maximum Gasteiger partial charge on any atom is 0.244 e. The quantitative estimate of drug-likeness (QED) is 0.837. The molecule has 0 atom stereocenters. The predicted molar refractivity (Wildman–Crippen MR) is 105 cm³/mol. The number of amides is 2. The molecule has 1 aliphatic carbocycles. The van der Waals surface area contributed by atoms with E-state index in [1.54, 1.807) is 0 Å². The van der Waals surface area contributed by atoms with Crippen molar-refractivity contribution in [2.75, 3.05) is 29.9 Å². The highest BCUT2D eigenvalue weighted by Gasteiger charge is 2.36. The molecule has 138 valence electrons. The normalized spacial score (nSPS) is 19.2. The molecule has 0 aromatic heterocycles. The van der Waals surface area contributed by atoms with Gasteiger partial charge in [-0.1, -0.05) is 25.0 Å². The average Bonchev–Trinajstić information content (AvgIpc) is 3.05. The highest BCUT2D eigenvalue weighted by molar-refractivity contribution is 7.99. The Morgan fingerprint density at radius 1 is 1.12 bits per heavy atom. The standard InChI is InChI=1S/C18H25N3O2S.ClH/c19-18(7-1-2-8-18)17(23)20-15-5-3-14(4-6-15)13-16(22)21-9-11-24-12-10-21;/h3-6H,1-2,7-13,19H2,(H,20,23);1H. The van der Waals surface area contributed by atoms with Gasteiger partial charge < -0.3 is 16.0 Å². The molecule has 0 radical (unpaired) electrons. The summed E-state index contributed by atoms with van der Waals surface area (Å²) in [5.74, 6) is 2.13. The lowest BCUT2D eigenvalue weighted by Crippen LogP contribution is -2.48. The molecule has 2 amide bonds. The molecule has 25 heavy (non-hydrogen) atoms. The van der Waals surface area contributed by atoms with Gasteiger partial charge in [0.1, 0.15) is 0 Å². The number of nitrogens with two attached hydrogens (primary N) is 1. The fraction of sp³-hybridized carbons (Fsp3) is 0.556. The highest BCUT2D eigenvalue weighted by atomic mass is 35.5. The molecule has 2 aliphatic rings. The van der Waals surface area contributed by atoms with Gasteiger partial charge >= 0.3 is 0 Å². The lowest BCUT2D eigenvalue weighted by Gasteiger charge is -2.26. The summed E-state index contributed by atoms with van der Waals surface area (Å²) in [6, 6.07) is 7.52. The highest BCUT2D eigenvalue weighted by Crippen LogP contribution is 2.28. The van der Waals surface area contributed by atoms with Gasteiger partial charge in [0.05, 0.1) is 12.0 Å². The Labute approximate surface area is 159 Å². The van der Waals surface area contributed by atoms with E-state index in [4.69, 9.17) is 5.73 Å². The molecule has 0 unspecified atom stereocenters. The molecule has 2 fully saturated rings. The maximum absolute atomic E-state index is 12.3. The number of thioether (sulfide) groups is 1. The van der Waals surface area contributed by atoms with E-state index >= 15 is 0 Å². The van der Waals surface area contributed by atoms with E-state index in [0.717, 1.165) is 61.5 Å². The number of rotatable bonds is 4. The van der Waals surface area contributed by atoms with Gasteiger partial charge in [0.25, 0.3) is 0 Å². The van der Waals surface area contributed by atoms with E-state index in [-0.39, 0.29) is 24.2 Å². The zero-order valence-electron chi connectivity index (χ0n) is 14.3. The zero-order chi connectivity index (χ0) is 17.0. The molecule has 1 aliphatic heterocycles. The predicted octanol–water partition coefficient (Wildman–Crippen LogP) is 2.44. The van der Waals surface area contributed by atoms with Crippen LogP contribution in [0.2, 0.25) is 0 Å². The van der Waals surface area contributed by atoms with Gasteiger partial charge in [-0.05, 0) is 30.5 Å². The van der Waals surface area contributed by atoms with Crippen LogP contribution < -0.4 is 11.1 Å². The Hall–Kier alpha value is -1.24. The molecule has 7 heteroatoms. The van der Waals surface area contributed by atoms with Gasteiger partial charge in [-0.15, -0.1) is 12.4 Å². The van der Waals surface area contributed by atoms with Gasteiger partial charge in [0.2, 0.25) is 11.8 Å². The summed E-state index contributed by atoms with van der Waals surface area (Å²) in [7, 11) is 0. The molecule has 0 spiro atoms. The SMILES string of the molecule is Cl.NC1(C(=O)Nc2ccc(CC(=O)N3CCSCC3)cc2)CCCC1. The van der Waals surface area contributed by atoms with Crippen LogP contribution in [-0.4, -0.2) is 46.8 Å². The number of hydrogen-bond donors (Lipinski definition) is 2. The minimum absolute atomic E-state index is 0. The minimum atomic E-state index is -0.721. The Morgan fingerprint density at radius 3 is 2.32 bits per heavy atom. The molecule has 5 nitrogen and oxygen atoms in total. The van der Waals surface area contributed by atoms with Crippen molar-refractivity contribution in [3.05, 3.63) is 29.8 Å². The van der Waals surface area contributed by atoms with Gasteiger partial charge in [0, 0.05) is 30.3 Å². The molecule has 1 heterocycles. The fourth-order valence-electron chi connectivity index (χ4n) is 3.29. The third-order valence-electron chi connectivity index (χ3n) is 4.88. The van der Waals surface area contributed by atoms with Crippen molar-refractivity contribution in [1.29, 1.82) is 0 Å². The second-order valence-corrected chi connectivity index (χ2v) is 7.91. The van der Waals surface area contributed by atoms with Crippen molar-refractivity contribution in [3.63, 3.8) is 0 Å². The Kier molecular flexibility index (Phi) is 7.16. The molecule has 1 saturated carbocycles. The first kappa shape index (κ1) is 20.1. The van der Waals surface area contributed by atoms with Gasteiger partial charge in [0.15, 0.2) is 0 Å². The molecular formula is C18H26ClN3O2S. The Balaban J connectivity index is 0.00000225. The molecule has 1 saturated heterocycles. The number of halogens is 1. The number of nitrogens with one attached hydrogen (secondary N) is 1. The first-order valence-corrected chi connectivity index (χ1v) is 9.77. The summed E-state index contributed by atoms with van der Waals surface area (Å²) < 4.78 is 0. The van der Waals surface area contributed by atoms with E-state index in [1.165, 1.54) is 0 Å². The topological polar surface area (TPSA) is 75.4 Å². The van der Waals surface area contributed by atoms with Crippen molar-refractivity contribution in [1.82, 2.24) is 4.90 Å². The lowest BCUT2D eigenvalue weighted by atomic mass is 9.98. The van der Waals surface area contributed by atoms with Crippen LogP contribution in [0.1, 0.15) is 31.2 Å². The van der Waals surface area contributed by atoms with Crippen molar-refractivity contribution in [2.24, 2.45) is 5.73 Å². The van der Waals surface area contributed by atoms with Crippen molar-refractivity contribution in [2.45, 2.75) is 37.6 Å². The van der Waals surface area contributed by atoms with E-state index in [0.29, 0.717) is 6.42 Å². The van der Waals surface area contributed by atoms with Crippen molar-refractivity contribution >= 4 is 41.7 Å². The van der Waals surface area contributed by atoms with Crippen molar-refractivity contribution < 1.29 is 9.59 Å². The van der Waals surface area contributed by atoms with E-state index in [1.807, 2.05) is 40.9 Å². The Bertz CT molecular complexity index is 597. The number of benzene rings is 1. The summed E-state index contributed by atoms with van der Waals surface area (Å²) in [5.41, 5.74) is 7.15. The first-order valence-electron chi connectivity index (χ1n) is 8.62. The van der Waals surface area contributed by atoms with Gasteiger partial charge in [-0.25, -0.2) is 0 Å². The largest absolute Gasteiger partial charge is 0.341 e. The van der Waals surface area contributed by atoms with Crippen LogP contribution in [-0.2, 0) is 16.0 Å². The molecule has 3 rings (SSSR count). The zero-order valence-corrected chi connectivity index (χ0v) is 16.0. The smallest absolute Gasteiger partial charge is 0.244 e. The minimum Gasteiger partial charge on any atom is -0.341 e. The second kappa shape index (κ2) is 8.92. The summed E-state index contributed by atoms with van der Waals surface area (Å²) in [5, 5.41) is 2.91. The fourth-order valence-corrected chi connectivity index (χ4v) is 4.20. The van der Waals surface area contributed by atoms with Crippen LogP contribution in [0.25, 0.3) is 0 Å². The molecule has 0 bridgehead atoms. The maximum atomic E-state index is 12.3. The third-order valence-corrected chi connectivity index (χ3v) is 5.82. The molecular weight excluding hydrogens is 358 g/mol. The van der Waals surface area contributed by atoms with Crippen LogP contribution in [0.4, 0.5) is 5.69 Å². The molecule has 1 aromatic rings. The summed E-state index contributed by atoms with van der Waals surface area (Å²) in [4.78, 5) is 26.5. The number of carbonyl (C=O) groups is 2.